The highest BCUT2D eigenvalue weighted by atomic mass is 16.5. The summed E-state index contributed by atoms with van der Waals surface area (Å²) >= 11 is 0. The van der Waals surface area contributed by atoms with Crippen molar-refractivity contribution < 1.29 is 14.0 Å². The van der Waals surface area contributed by atoms with E-state index >= 15 is 0 Å². The van der Waals surface area contributed by atoms with E-state index in [0.717, 1.165) is 29.8 Å². The Kier molecular flexibility index (Phi) is 5.88. The van der Waals surface area contributed by atoms with E-state index in [2.05, 4.69) is 31.3 Å². The van der Waals surface area contributed by atoms with Crippen molar-refractivity contribution >= 4 is 5.97 Å². The highest BCUT2D eigenvalue weighted by molar-refractivity contribution is 5.89. The molecule has 31 heavy (non-hydrogen) atoms. The molecule has 0 N–H and O–H groups in total. The van der Waals surface area contributed by atoms with E-state index in [1.54, 1.807) is 5.56 Å². The molecule has 5 rings (SSSR count). The van der Waals surface area contributed by atoms with Gasteiger partial charge >= 0.3 is 5.97 Å². The highest BCUT2D eigenvalue weighted by Crippen LogP contribution is 2.44. The fourth-order valence-electron chi connectivity index (χ4n) is 6.57. The number of nitrogens with zero attached hydrogens (tertiary/aromatic N) is 1. The Hall–Kier alpha value is -2.13. The van der Waals surface area contributed by atoms with E-state index in [0.29, 0.717) is 17.6 Å². The van der Waals surface area contributed by atoms with E-state index < -0.39 is 0 Å². The van der Waals surface area contributed by atoms with Crippen LogP contribution in [0.4, 0.5) is 0 Å². The second-order valence-electron chi connectivity index (χ2n) is 10.3. The molecule has 3 fully saturated rings. The Morgan fingerprint density at radius 3 is 2.16 bits per heavy atom. The van der Waals surface area contributed by atoms with Crippen LogP contribution >= 0.6 is 0 Å². The molecule has 2 aromatic rings. The van der Waals surface area contributed by atoms with Crippen LogP contribution in [0.15, 0.2) is 54.6 Å². The van der Waals surface area contributed by atoms with Crippen molar-refractivity contribution in [3.8, 4) is 0 Å². The summed E-state index contributed by atoms with van der Waals surface area (Å²) < 4.78 is 7.05. The van der Waals surface area contributed by atoms with Crippen molar-refractivity contribution in [2.75, 3.05) is 7.05 Å². The lowest BCUT2D eigenvalue weighted by atomic mass is 9.84. The SMILES string of the molecule is C[N+]1(Cc2ccc(C3CCCCC3)cc2)[C@@H]2CC[C@H]1CC(OC(=O)c1ccccc1)C2. The second-order valence-corrected chi connectivity index (χ2v) is 10.3. The van der Waals surface area contributed by atoms with Crippen LogP contribution in [0.5, 0.6) is 0 Å². The Labute approximate surface area is 187 Å². The number of esters is 1. The fourth-order valence-corrected chi connectivity index (χ4v) is 6.57. The number of hydrogen-bond donors (Lipinski definition) is 0. The molecule has 2 heterocycles. The van der Waals surface area contributed by atoms with Gasteiger partial charge in [0.2, 0.25) is 0 Å². The molecule has 2 bridgehead atoms. The van der Waals surface area contributed by atoms with Gasteiger partial charge in [0.05, 0.1) is 24.7 Å². The predicted octanol–water partition coefficient (Wildman–Crippen LogP) is 6.23. The lowest BCUT2D eigenvalue weighted by molar-refractivity contribution is -0.961. The maximum absolute atomic E-state index is 12.5. The quantitative estimate of drug-likeness (QED) is 0.425. The first-order chi connectivity index (χ1) is 15.1. The van der Waals surface area contributed by atoms with Crippen LogP contribution < -0.4 is 0 Å². The first-order valence-electron chi connectivity index (χ1n) is 12.3. The van der Waals surface area contributed by atoms with E-state index in [1.165, 1.54) is 50.5 Å². The molecule has 2 saturated heterocycles. The van der Waals surface area contributed by atoms with Gasteiger partial charge in [0.25, 0.3) is 0 Å². The Balaban J connectivity index is 1.22. The summed E-state index contributed by atoms with van der Waals surface area (Å²) in [5.74, 6) is 0.609. The van der Waals surface area contributed by atoms with Crippen LogP contribution in [-0.2, 0) is 11.3 Å². The lowest BCUT2D eigenvalue weighted by Gasteiger charge is -2.47. The second kappa shape index (κ2) is 8.78. The summed E-state index contributed by atoms with van der Waals surface area (Å²) in [6, 6.07) is 20.2. The average molecular weight is 419 g/mol. The van der Waals surface area contributed by atoms with Gasteiger partial charge in [0.15, 0.2) is 0 Å². The van der Waals surface area contributed by atoms with Crippen molar-refractivity contribution in [1.29, 1.82) is 0 Å². The molecule has 0 amide bonds. The van der Waals surface area contributed by atoms with E-state index in [4.69, 9.17) is 4.74 Å². The average Bonchev–Trinajstić information content (AvgIpc) is 2.97. The molecule has 0 radical (unpaired) electrons. The largest absolute Gasteiger partial charge is 0.458 e. The molecule has 2 unspecified atom stereocenters. The van der Waals surface area contributed by atoms with Crippen molar-refractivity contribution in [2.24, 2.45) is 0 Å². The van der Waals surface area contributed by atoms with Crippen LogP contribution in [0, 0.1) is 0 Å². The van der Waals surface area contributed by atoms with Gasteiger partial charge in [0, 0.05) is 31.2 Å². The smallest absolute Gasteiger partial charge is 0.338 e. The zero-order valence-corrected chi connectivity index (χ0v) is 18.8. The standard InChI is InChI=1S/C28H36NO2/c1-29(20-21-12-14-23(15-13-21)22-8-4-2-5-9-22)25-16-17-26(29)19-27(18-25)31-28(30)24-10-6-3-7-11-24/h3,6-7,10-15,22,25-27H,2,4-5,8-9,16-20H2,1H3/q+1/t25-,26+,27?,29?. The maximum atomic E-state index is 12.5. The summed E-state index contributed by atoms with van der Waals surface area (Å²) in [6.07, 6.45) is 11.5. The van der Waals surface area contributed by atoms with Crippen molar-refractivity contribution in [3.63, 3.8) is 0 Å². The molecule has 0 aromatic heterocycles. The van der Waals surface area contributed by atoms with E-state index in [9.17, 15) is 4.79 Å². The van der Waals surface area contributed by atoms with Crippen molar-refractivity contribution in [3.05, 3.63) is 71.3 Å². The van der Waals surface area contributed by atoms with Crippen molar-refractivity contribution in [2.45, 2.75) is 88.4 Å². The summed E-state index contributed by atoms with van der Waals surface area (Å²) in [5.41, 5.74) is 3.66. The van der Waals surface area contributed by atoms with E-state index in [1.807, 2.05) is 30.3 Å². The third-order valence-electron chi connectivity index (χ3n) is 8.43. The summed E-state index contributed by atoms with van der Waals surface area (Å²) in [4.78, 5) is 12.5. The van der Waals surface area contributed by atoms with Crippen molar-refractivity contribution in [1.82, 2.24) is 0 Å². The first-order valence-corrected chi connectivity index (χ1v) is 12.3. The topological polar surface area (TPSA) is 26.3 Å². The molecule has 1 saturated carbocycles. The minimum absolute atomic E-state index is 0.0603. The zero-order chi connectivity index (χ0) is 21.3. The third kappa shape index (κ3) is 4.30. The summed E-state index contributed by atoms with van der Waals surface area (Å²) in [6.45, 7) is 1.10. The molecular weight excluding hydrogens is 382 g/mol. The number of piperidine rings is 1. The number of fused-ring (bicyclic) bond motifs is 2. The first kappa shape index (κ1) is 20.8. The number of hydrogen-bond acceptors (Lipinski definition) is 2. The normalized spacial score (nSPS) is 30.8. The monoisotopic (exact) mass is 418 g/mol. The predicted molar refractivity (Wildman–Crippen MR) is 124 cm³/mol. The molecule has 3 nitrogen and oxygen atoms in total. The maximum Gasteiger partial charge on any atom is 0.338 e. The Bertz CT molecular complexity index is 871. The molecule has 2 aliphatic heterocycles. The molecule has 164 valence electrons. The Morgan fingerprint density at radius 1 is 0.871 bits per heavy atom. The molecule has 0 spiro atoms. The molecule has 2 aromatic carbocycles. The minimum atomic E-state index is -0.167. The minimum Gasteiger partial charge on any atom is -0.458 e. The van der Waals surface area contributed by atoms with Crippen LogP contribution in [0.1, 0.15) is 85.2 Å². The fraction of sp³-hybridized carbons (Fsp3) is 0.536. The van der Waals surface area contributed by atoms with Gasteiger partial charge in [-0.05, 0) is 36.5 Å². The summed E-state index contributed by atoms with van der Waals surface area (Å²) in [5, 5.41) is 0. The molecule has 3 heteroatoms. The summed E-state index contributed by atoms with van der Waals surface area (Å²) in [7, 11) is 2.44. The van der Waals surface area contributed by atoms with E-state index in [-0.39, 0.29) is 12.1 Å². The van der Waals surface area contributed by atoms with Gasteiger partial charge in [-0.2, -0.15) is 0 Å². The van der Waals surface area contributed by atoms with Crippen LogP contribution in [0.2, 0.25) is 0 Å². The zero-order valence-electron chi connectivity index (χ0n) is 18.8. The third-order valence-corrected chi connectivity index (χ3v) is 8.43. The number of quaternary nitrogens is 1. The lowest BCUT2D eigenvalue weighted by Crippen LogP contribution is -2.58. The van der Waals surface area contributed by atoms with Crippen LogP contribution in [0.3, 0.4) is 0 Å². The van der Waals surface area contributed by atoms with Crippen LogP contribution in [0.25, 0.3) is 0 Å². The molecule has 3 aliphatic rings. The number of carbonyl (C=O) groups is 1. The number of benzene rings is 2. The number of ether oxygens (including phenoxy) is 1. The number of rotatable bonds is 5. The molecule has 4 atom stereocenters. The highest BCUT2D eigenvalue weighted by Gasteiger charge is 2.52. The van der Waals surface area contributed by atoms with Gasteiger partial charge in [0.1, 0.15) is 12.6 Å². The van der Waals surface area contributed by atoms with Gasteiger partial charge < -0.3 is 9.22 Å². The van der Waals surface area contributed by atoms with Gasteiger partial charge in [-0.1, -0.05) is 61.7 Å². The van der Waals surface area contributed by atoms with Crippen LogP contribution in [-0.4, -0.2) is 35.7 Å². The Morgan fingerprint density at radius 2 is 1.52 bits per heavy atom. The van der Waals surface area contributed by atoms with Gasteiger partial charge in [-0.15, -0.1) is 0 Å². The molecular formula is C28H36NO2+. The number of carbonyl (C=O) groups excluding carboxylic acids is 1. The van der Waals surface area contributed by atoms with Gasteiger partial charge in [-0.25, -0.2) is 4.79 Å². The van der Waals surface area contributed by atoms with Gasteiger partial charge in [-0.3, -0.25) is 0 Å². The molecule has 1 aliphatic carbocycles.